The Hall–Kier alpha value is -1.94. The van der Waals surface area contributed by atoms with Gasteiger partial charge in [0.2, 0.25) is 0 Å². The summed E-state index contributed by atoms with van der Waals surface area (Å²) in [5.41, 5.74) is 6.83. The molecule has 2 aromatic rings. The number of guanidine groups is 1. The van der Waals surface area contributed by atoms with Crippen LogP contribution in [0.3, 0.4) is 0 Å². The van der Waals surface area contributed by atoms with Crippen molar-refractivity contribution in [1.29, 1.82) is 0 Å². The predicted octanol–water partition coefficient (Wildman–Crippen LogP) is 3.59. The summed E-state index contributed by atoms with van der Waals surface area (Å²) in [5, 5.41) is 3.46. The summed E-state index contributed by atoms with van der Waals surface area (Å²) in [7, 11) is 0. The van der Waals surface area contributed by atoms with Gasteiger partial charge in [0.1, 0.15) is 0 Å². The largest absolute Gasteiger partial charge is 0.370 e. The Labute approximate surface area is 124 Å². The summed E-state index contributed by atoms with van der Waals surface area (Å²) in [6.07, 6.45) is 0. The van der Waals surface area contributed by atoms with E-state index in [0.717, 1.165) is 5.69 Å². The van der Waals surface area contributed by atoms with Gasteiger partial charge in [-0.25, -0.2) is 0 Å². The van der Waals surface area contributed by atoms with E-state index in [-0.39, 0.29) is 0 Å². The molecule has 0 fully saturated rings. The van der Waals surface area contributed by atoms with Gasteiger partial charge in [0.05, 0.1) is 6.54 Å². The van der Waals surface area contributed by atoms with E-state index < -0.39 is 0 Å². The average Bonchev–Trinajstić information content (AvgIpc) is 2.47. The monoisotopic (exact) mass is 285 g/mol. The summed E-state index contributed by atoms with van der Waals surface area (Å²) in [6, 6.07) is 20.1. The molecule has 1 unspecified atom stereocenters. The number of para-hydroxylation sites is 1. The molecule has 2 aromatic carbocycles. The molecule has 20 heavy (non-hydrogen) atoms. The first-order valence-corrected chi connectivity index (χ1v) is 7.45. The van der Waals surface area contributed by atoms with Crippen LogP contribution < -0.4 is 11.1 Å². The lowest BCUT2D eigenvalue weighted by Gasteiger charge is -2.10. The fourth-order valence-corrected chi connectivity index (χ4v) is 2.63. The van der Waals surface area contributed by atoms with Crippen molar-refractivity contribution in [2.75, 3.05) is 11.9 Å². The molecule has 2 rings (SSSR count). The van der Waals surface area contributed by atoms with Crippen molar-refractivity contribution >= 4 is 23.4 Å². The second-order valence-corrected chi connectivity index (χ2v) is 5.97. The van der Waals surface area contributed by atoms with Crippen LogP contribution in [0.5, 0.6) is 0 Å². The van der Waals surface area contributed by atoms with E-state index >= 15 is 0 Å². The number of benzene rings is 2. The average molecular weight is 285 g/mol. The number of anilines is 1. The second kappa shape index (κ2) is 7.60. The molecule has 0 saturated carbocycles. The Bertz CT molecular complexity index is 540. The van der Waals surface area contributed by atoms with Gasteiger partial charge >= 0.3 is 0 Å². The van der Waals surface area contributed by atoms with Crippen LogP contribution in [-0.2, 0) is 0 Å². The molecule has 0 saturated heterocycles. The smallest absolute Gasteiger partial charge is 0.193 e. The zero-order valence-electron chi connectivity index (χ0n) is 11.5. The van der Waals surface area contributed by atoms with Crippen LogP contribution in [0.4, 0.5) is 5.69 Å². The van der Waals surface area contributed by atoms with Gasteiger partial charge in [-0.1, -0.05) is 43.3 Å². The molecule has 0 aliphatic rings. The molecule has 3 N–H and O–H groups in total. The van der Waals surface area contributed by atoms with E-state index in [4.69, 9.17) is 5.73 Å². The molecule has 0 radical (unpaired) electrons. The highest BCUT2D eigenvalue weighted by molar-refractivity contribution is 8.00. The number of nitrogens with one attached hydrogen (secondary N) is 1. The van der Waals surface area contributed by atoms with Gasteiger partial charge in [-0.15, -0.1) is 11.8 Å². The molecule has 1 atom stereocenters. The topological polar surface area (TPSA) is 50.4 Å². The molecule has 0 spiro atoms. The first-order valence-electron chi connectivity index (χ1n) is 6.58. The van der Waals surface area contributed by atoms with Crippen molar-refractivity contribution in [2.45, 2.75) is 17.1 Å². The maximum absolute atomic E-state index is 5.88. The molecule has 0 aromatic heterocycles. The van der Waals surface area contributed by atoms with E-state index in [1.165, 1.54) is 4.90 Å². The summed E-state index contributed by atoms with van der Waals surface area (Å²) in [6.45, 7) is 2.84. The fraction of sp³-hybridized carbons (Fsp3) is 0.188. The van der Waals surface area contributed by atoms with Gasteiger partial charge in [0.15, 0.2) is 5.96 Å². The van der Waals surface area contributed by atoms with Gasteiger partial charge in [0.25, 0.3) is 0 Å². The first-order chi connectivity index (χ1) is 9.74. The van der Waals surface area contributed by atoms with Crippen LogP contribution in [0.2, 0.25) is 0 Å². The lowest BCUT2D eigenvalue weighted by Crippen LogP contribution is -2.23. The maximum Gasteiger partial charge on any atom is 0.193 e. The van der Waals surface area contributed by atoms with Gasteiger partial charge in [-0.2, -0.15) is 0 Å². The quantitative estimate of drug-likeness (QED) is 0.501. The number of hydrogen-bond acceptors (Lipinski definition) is 2. The molecule has 4 heteroatoms. The van der Waals surface area contributed by atoms with Crippen LogP contribution >= 0.6 is 11.8 Å². The summed E-state index contributed by atoms with van der Waals surface area (Å²) < 4.78 is 0. The van der Waals surface area contributed by atoms with E-state index in [0.29, 0.717) is 17.8 Å². The van der Waals surface area contributed by atoms with Crippen molar-refractivity contribution < 1.29 is 0 Å². The van der Waals surface area contributed by atoms with E-state index in [2.05, 4.69) is 29.4 Å². The van der Waals surface area contributed by atoms with Gasteiger partial charge in [-0.3, -0.25) is 4.99 Å². The summed E-state index contributed by atoms with van der Waals surface area (Å²) in [5.74, 6) is 0.455. The number of nitrogens with two attached hydrogens (primary N) is 1. The van der Waals surface area contributed by atoms with Crippen molar-refractivity contribution in [3.05, 3.63) is 60.7 Å². The summed E-state index contributed by atoms with van der Waals surface area (Å²) >= 11 is 1.80. The van der Waals surface area contributed by atoms with Crippen LogP contribution in [0.25, 0.3) is 0 Å². The third-order valence-electron chi connectivity index (χ3n) is 2.65. The van der Waals surface area contributed by atoms with Crippen molar-refractivity contribution in [1.82, 2.24) is 0 Å². The number of nitrogens with zero attached hydrogens (tertiary/aromatic N) is 1. The number of aliphatic imine (C=N–C) groups is 1. The van der Waals surface area contributed by atoms with Crippen LogP contribution in [0, 0.1) is 0 Å². The number of hydrogen-bond donors (Lipinski definition) is 2. The lowest BCUT2D eigenvalue weighted by atomic mass is 10.3. The molecule has 0 aliphatic heterocycles. The first kappa shape index (κ1) is 14.5. The normalized spacial score (nSPS) is 12.9. The zero-order valence-corrected chi connectivity index (χ0v) is 12.3. The van der Waals surface area contributed by atoms with Crippen LogP contribution in [0.1, 0.15) is 6.92 Å². The molecule has 0 heterocycles. The number of thioether (sulfide) groups is 1. The Morgan fingerprint density at radius 3 is 2.35 bits per heavy atom. The lowest BCUT2D eigenvalue weighted by molar-refractivity contribution is 0.948. The Morgan fingerprint density at radius 1 is 1.10 bits per heavy atom. The predicted molar refractivity (Wildman–Crippen MR) is 88.3 cm³/mol. The highest BCUT2D eigenvalue weighted by Crippen LogP contribution is 2.22. The SMILES string of the molecule is CC(CN=C(N)Nc1ccccc1)Sc1ccccc1. The molecule has 104 valence electrons. The fourth-order valence-electron chi connectivity index (χ4n) is 1.70. The molecular formula is C16H19N3S. The minimum atomic E-state index is 0.383. The van der Waals surface area contributed by atoms with Gasteiger partial charge in [0, 0.05) is 15.8 Å². The summed E-state index contributed by atoms with van der Waals surface area (Å²) in [4.78, 5) is 5.63. The van der Waals surface area contributed by atoms with Crippen LogP contribution in [-0.4, -0.2) is 17.8 Å². The highest BCUT2D eigenvalue weighted by Gasteiger charge is 2.03. The standard InChI is InChI=1S/C16H19N3S/c1-13(20-15-10-6-3-7-11-15)12-18-16(17)19-14-8-4-2-5-9-14/h2-11,13H,12H2,1H3,(H3,17,18,19). The molecular weight excluding hydrogens is 266 g/mol. The van der Waals surface area contributed by atoms with E-state index in [1.807, 2.05) is 48.5 Å². The molecule has 0 bridgehead atoms. The number of rotatable bonds is 5. The third-order valence-corrected chi connectivity index (χ3v) is 3.74. The van der Waals surface area contributed by atoms with E-state index in [1.54, 1.807) is 11.8 Å². The van der Waals surface area contributed by atoms with E-state index in [9.17, 15) is 0 Å². The van der Waals surface area contributed by atoms with Crippen molar-refractivity contribution in [2.24, 2.45) is 10.7 Å². The Balaban J connectivity index is 1.82. The molecule has 3 nitrogen and oxygen atoms in total. The minimum absolute atomic E-state index is 0.383. The van der Waals surface area contributed by atoms with Gasteiger partial charge in [-0.05, 0) is 24.3 Å². The minimum Gasteiger partial charge on any atom is -0.370 e. The Kier molecular flexibility index (Phi) is 5.50. The zero-order chi connectivity index (χ0) is 14.2. The van der Waals surface area contributed by atoms with Gasteiger partial charge < -0.3 is 11.1 Å². The second-order valence-electron chi connectivity index (χ2n) is 4.46. The molecule has 0 amide bonds. The maximum atomic E-state index is 5.88. The molecule has 0 aliphatic carbocycles. The Morgan fingerprint density at radius 2 is 1.70 bits per heavy atom. The third kappa shape index (κ3) is 4.97. The highest BCUT2D eigenvalue weighted by atomic mass is 32.2. The van der Waals surface area contributed by atoms with Crippen LogP contribution in [0.15, 0.2) is 70.6 Å². The van der Waals surface area contributed by atoms with Crippen molar-refractivity contribution in [3.63, 3.8) is 0 Å². The van der Waals surface area contributed by atoms with Crippen molar-refractivity contribution in [3.8, 4) is 0 Å².